The van der Waals surface area contributed by atoms with Crippen LogP contribution in [-0.4, -0.2) is 25.7 Å². The average Bonchev–Trinajstić information content (AvgIpc) is 2.29. The molecule has 0 aliphatic rings. The van der Waals surface area contributed by atoms with Gasteiger partial charge in [0, 0.05) is 18.6 Å². The predicted octanol–water partition coefficient (Wildman–Crippen LogP) is 1.75. The SMILES string of the molecule is CC(=O)c1cnc(-c2ncc(C)cn2)nc1C. The van der Waals surface area contributed by atoms with Crippen LogP contribution in [0.2, 0.25) is 0 Å². The van der Waals surface area contributed by atoms with E-state index in [1.54, 1.807) is 19.3 Å². The van der Waals surface area contributed by atoms with E-state index >= 15 is 0 Å². The highest BCUT2D eigenvalue weighted by atomic mass is 16.1. The van der Waals surface area contributed by atoms with Gasteiger partial charge in [0.25, 0.3) is 0 Å². The zero-order valence-electron chi connectivity index (χ0n) is 9.93. The summed E-state index contributed by atoms with van der Waals surface area (Å²) in [6.45, 7) is 5.18. The van der Waals surface area contributed by atoms with Crippen molar-refractivity contribution in [3.8, 4) is 11.6 Å². The number of carbonyl (C=O) groups excluding carboxylic acids is 1. The molecule has 0 atom stereocenters. The Morgan fingerprint density at radius 3 is 2.12 bits per heavy atom. The van der Waals surface area contributed by atoms with Gasteiger partial charge in [-0.1, -0.05) is 0 Å². The Balaban J connectivity index is 2.44. The Morgan fingerprint density at radius 2 is 1.59 bits per heavy atom. The molecule has 0 aromatic carbocycles. The van der Waals surface area contributed by atoms with Crippen molar-refractivity contribution in [2.75, 3.05) is 0 Å². The fourth-order valence-corrected chi connectivity index (χ4v) is 1.43. The minimum absolute atomic E-state index is 0.0427. The van der Waals surface area contributed by atoms with E-state index in [2.05, 4.69) is 19.9 Å². The van der Waals surface area contributed by atoms with E-state index in [9.17, 15) is 4.79 Å². The summed E-state index contributed by atoms with van der Waals surface area (Å²) in [7, 11) is 0. The first-order chi connectivity index (χ1) is 8.08. The lowest BCUT2D eigenvalue weighted by molar-refractivity contribution is 0.101. The van der Waals surface area contributed by atoms with Crippen LogP contribution in [0, 0.1) is 13.8 Å². The van der Waals surface area contributed by atoms with Gasteiger partial charge < -0.3 is 0 Å². The summed E-state index contributed by atoms with van der Waals surface area (Å²) in [5.74, 6) is 0.861. The Bertz CT molecular complexity index is 563. The van der Waals surface area contributed by atoms with Crippen LogP contribution in [0.5, 0.6) is 0 Å². The van der Waals surface area contributed by atoms with Gasteiger partial charge in [0.15, 0.2) is 17.4 Å². The van der Waals surface area contributed by atoms with Crippen molar-refractivity contribution in [1.29, 1.82) is 0 Å². The summed E-state index contributed by atoms with van der Waals surface area (Å²) in [6, 6.07) is 0. The van der Waals surface area contributed by atoms with E-state index in [0.717, 1.165) is 5.56 Å². The Morgan fingerprint density at radius 1 is 1.00 bits per heavy atom. The molecule has 0 unspecified atom stereocenters. The van der Waals surface area contributed by atoms with Gasteiger partial charge in [-0.15, -0.1) is 0 Å². The minimum Gasteiger partial charge on any atom is -0.294 e. The first-order valence-corrected chi connectivity index (χ1v) is 5.21. The zero-order valence-corrected chi connectivity index (χ0v) is 9.93. The Kier molecular flexibility index (Phi) is 2.91. The summed E-state index contributed by atoms with van der Waals surface area (Å²) < 4.78 is 0. The molecule has 0 amide bonds. The molecule has 86 valence electrons. The molecule has 17 heavy (non-hydrogen) atoms. The molecule has 2 aromatic heterocycles. The second-order valence-electron chi connectivity index (χ2n) is 3.83. The summed E-state index contributed by atoms with van der Waals surface area (Å²) in [6.07, 6.45) is 4.93. The van der Waals surface area contributed by atoms with E-state index in [1.165, 1.54) is 13.1 Å². The molecule has 5 nitrogen and oxygen atoms in total. The van der Waals surface area contributed by atoms with Gasteiger partial charge in [0.1, 0.15) is 0 Å². The van der Waals surface area contributed by atoms with Gasteiger partial charge in [-0.3, -0.25) is 4.79 Å². The summed E-state index contributed by atoms with van der Waals surface area (Å²) in [5, 5.41) is 0. The molecule has 0 saturated carbocycles. The van der Waals surface area contributed by atoms with Gasteiger partial charge in [0.2, 0.25) is 0 Å². The van der Waals surface area contributed by atoms with E-state index in [-0.39, 0.29) is 5.78 Å². The van der Waals surface area contributed by atoms with Gasteiger partial charge in [-0.25, -0.2) is 19.9 Å². The molecule has 0 aliphatic heterocycles. The van der Waals surface area contributed by atoms with Crippen molar-refractivity contribution in [1.82, 2.24) is 19.9 Å². The minimum atomic E-state index is -0.0427. The molecule has 0 bridgehead atoms. The molecular weight excluding hydrogens is 216 g/mol. The standard InChI is InChI=1S/C12H12N4O/c1-7-4-13-11(14-5-7)12-15-6-10(9(3)17)8(2)16-12/h4-6H,1-3H3. The molecule has 0 aliphatic carbocycles. The van der Waals surface area contributed by atoms with E-state index in [4.69, 9.17) is 0 Å². The van der Waals surface area contributed by atoms with Crippen molar-refractivity contribution in [3.63, 3.8) is 0 Å². The second kappa shape index (κ2) is 4.37. The Hall–Kier alpha value is -2.17. The van der Waals surface area contributed by atoms with Crippen LogP contribution in [0.25, 0.3) is 11.6 Å². The third-order valence-corrected chi connectivity index (χ3v) is 2.34. The maximum absolute atomic E-state index is 11.2. The summed E-state index contributed by atoms with van der Waals surface area (Å²) in [5.41, 5.74) is 2.15. The number of rotatable bonds is 2. The van der Waals surface area contributed by atoms with Crippen LogP contribution in [0.15, 0.2) is 18.6 Å². The highest BCUT2D eigenvalue weighted by Crippen LogP contribution is 2.12. The van der Waals surface area contributed by atoms with Crippen LogP contribution in [0.3, 0.4) is 0 Å². The van der Waals surface area contributed by atoms with Gasteiger partial charge in [-0.2, -0.15) is 0 Å². The number of Topliss-reactive ketones (excluding diaryl/α,β-unsaturated/α-hetero) is 1. The smallest absolute Gasteiger partial charge is 0.197 e. The molecule has 0 saturated heterocycles. The molecule has 0 radical (unpaired) electrons. The Labute approximate surface area is 99.0 Å². The van der Waals surface area contributed by atoms with Crippen molar-refractivity contribution in [2.45, 2.75) is 20.8 Å². The molecule has 5 heteroatoms. The van der Waals surface area contributed by atoms with E-state index in [1.807, 2.05) is 6.92 Å². The number of nitrogens with zero attached hydrogens (tertiary/aromatic N) is 4. The van der Waals surface area contributed by atoms with Crippen molar-refractivity contribution >= 4 is 5.78 Å². The summed E-state index contributed by atoms with van der Waals surface area (Å²) in [4.78, 5) is 27.9. The van der Waals surface area contributed by atoms with Gasteiger partial charge in [0.05, 0.1) is 11.3 Å². The number of hydrogen-bond acceptors (Lipinski definition) is 5. The van der Waals surface area contributed by atoms with E-state index < -0.39 is 0 Å². The van der Waals surface area contributed by atoms with Crippen LogP contribution in [0.1, 0.15) is 28.5 Å². The second-order valence-corrected chi connectivity index (χ2v) is 3.83. The third kappa shape index (κ3) is 2.33. The molecule has 0 spiro atoms. The molecule has 0 fully saturated rings. The normalized spacial score (nSPS) is 10.3. The highest BCUT2D eigenvalue weighted by molar-refractivity contribution is 5.94. The number of aromatic nitrogens is 4. The highest BCUT2D eigenvalue weighted by Gasteiger charge is 2.10. The molecule has 0 N–H and O–H groups in total. The first-order valence-electron chi connectivity index (χ1n) is 5.21. The molecule has 2 heterocycles. The van der Waals surface area contributed by atoms with Gasteiger partial charge in [-0.05, 0) is 26.3 Å². The van der Waals surface area contributed by atoms with Crippen LogP contribution >= 0.6 is 0 Å². The average molecular weight is 228 g/mol. The monoisotopic (exact) mass is 228 g/mol. The quantitative estimate of drug-likeness (QED) is 0.732. The van der Waals surface area contributed by atoms with Crippen LogP contribution < -0.4 is 0 Å². The maximum Gasteiger partial charge on any atom is 0.197 e. The zero-order chi connectivity index (χ0) is 12.4. The lowest BCUT2D eigenvalue weighted by atomic mass is 10.2. The lowest BCUT2D eigenvalue weighted by Crippen LogP contribution is -2.03. The van der Waals surface area contributed by atoms with Crippen molar-refractivity contribution in [3.05, 3.63) is 35.4 Å². The third-order valence-electron chi connectivity index (χ3n) is 2.34. The van der Waals surface area contributed by atoms with Crippen molar-refractivity contribution in [2.24, 2.45) is 0 Å². The molecule has 2 aromatic rings. The van der Waals surface area contributed by atoms with Gasteiger partial charge >= 0.3 is 0 Å². The number of ketones is 1. The number of hydrogen-bond donors (Lipinski definition) is 0. The fourth-order valence-electron chi connectivity index (χ4n) is 1.43. The topological polar surface area (TPSA) is 68.6 Å². The first kappa shape index (κ1) is 11.3. The number of aryl methyl sites for hydroxylation is 2. The largest absolute Gasteiger partial charge is 0.294 e. The summed E-state index contributed by atoms with van der Waals surface area (Å²) >= 11 is 0. The molecule has 2 rings (SSSR count). The van der Waals surface area contributed by atoms with Crippen LogP contribution in [0.4, 0.5) is 0 Å². The fraction of sp³-hybridized carbons (Fsp3) is 0.250. The number of carbonyl (C=O) groups is 1. The van der Waals surface area contributed by atoms with E-state index in [0.29, 0.717) is 22.9 Å². The molecular formula is C12H12N4O. The predicted molar refractivity (Wildman–Crippen MR) is 62.5 cm³/mol. The lowest BCUT2D eigenvalue weighted by Gasteiger charge is -2.03. The van der Waals surface area contributed by atoms with Crippen LogP contribution in [-0.2, 0) is 0 Å². The maximum atomic E-state index is 11.2. The van der Waals surface area contributed by atoms with Crippen molar-refractivity contribution < 1.29 is 4.79 Å².